The number of likely N-dealkylation sites (tertiary alicyclic amines) is 1. The van der Waals surface area contributed by atoms with Crippen LogP contribution < -0.4 is 10.9 Å². The molecule has 3 aromatic rings. The van der Waals surface area contributed by atoms with Gasteiger partial charge in [0.15, 0.2) is 0 Å². The number of fused-ring (bicyclic) bond motifs is 1. The van der Waals surface area contributed by atoms with E-state index >= 15 is 0 Å². The van der Waals surface area contributed by atoms with E-state index in [2.05, 4.69) is 10.3 Å². The molecule has 0 saturated carbocycles. The molecule has 1 N–H and O–H groups in total. The third-order valence-electron chi connectivity index (χ3n) is 4.78. The van der Waals surface area contributed by atoms with E-state index in [1.807, 2.05) is 0 Å². The van der Waals surface area contributed by atoms with Crippen LogP contribution in [0.5, 0.6) is 0 Å². The van der Waals surface area contributed by atoms with E-state index < -0.39 is 0 Å². The van der Waals surface area contributed by atoms with E-state index in [-0.39, 0.29) is 49.2 Å². The molecule has 2 heterocycles. The Balaban J connectivity index is 1.41. The third-order valence-corrected chi connectivity index (χ3v) is 4.78. The number of rotatable bonds is 5. The molecule has 0 aliphatic carbocycles. The minimum absolute atomic E-state index is 0.158. The van der Waals surface area contributed by atoms with Crippen LogP contribution in [0.15, 0.2) is 59.7 Å². The highest BCUT2D eigenvalue weighted by atomic mass is 16.2. The molecule has 0 spiro atoms. The van der Waals surface area contributed by atoms with Gasteiger partial charge in [-0.2, -0.15) is 0 Å². The molecular formula is C21H18N4O4. The van der Waals surface area contributed by atoms with Gasteiger partial charge >= 0.3 is 0 Å². The van der Waals surface area contributed by atoms with Crippen LogP contribution in [0.4, 0.5) is 5.69 Å². The summed E-state index contributed by atoms with van der Waals surface area (Å²) in [7, 11) is 0. The van der Waals surface area contributed by atoms with Crippen LogP contribution in [0, 0.1) is 0 Å². The van der Waals surface area contributed by atoms with Crippen molar-refractivity contribution in [3.63, 3.8) is 0 Å². The summed E-state index contributed by atoms with van der Waals surface area (Å²) in [6.07, 6.45) is 1.88. The highest BCUT2D eigenvalue weighted by Gasteiger charge is 2.28. The average molecular weight is 390 g/mol. The lowest BCUT2D eigenvalue weighted by Crippen LogP contribution is -2.28. The second kappa shape index (κ2) is 7.67. The highest BCUT2D eigenvalue weighted by molar-refractivity contribution is 6.01. The first-order valence-electron chi connectivity index (χ1n) is 9.17. The van der Waals surface area contributed by atoms with E-state index in [9.17, 15) is 19.2 Å². The Labute approximate surface area is 165 Å². The predicted octanol–water partition coefficient (Wildman–Crippen LogP) is 1.68. The SMILES string of the molecule is O=C(Cn1cnc2ccccc2c1=O)Nc1ccc(CN2C(=O)CCC2=O)cc1. The van der Waals surface area contributed by atoms with Crippen LogP contribution in [-0.2, 0) is 27.5 Å². The summed E-state index contributed by atoms with van der Waals surface area (Å²) in [6.45, 7) is 0.0687. The fourth-order valence-electron chi connectivity index (χ4n) is 3.25. The number of carbonyl (C=O) groups excluding carboxylic acids is 3. The van der Waals surface area contributed by atoms with Gasteiger partial charge in [-0.1, -0.05) is 24.3 Å². The van der Waals surface area contributed by atoms with Crippen molar-refractivity contribution in [2.75, 3.05) is 5.32 Å². The zero-order valence-electron chi connectivity index (χ0n) is 15.5. The van der Waals surface area contributed by atoms with Gasteiger partial charge in [-0.15, -0.1) is 0 Å². The van der Waals surface area contributed by atoms with Gasteiger partial charge in [-0.05, 0) is 29.8 Å². The number of aromatic nitrogens is 2. The number of imide groups is 1. The summed E-state index contributed by atoms with van der Waals surface area (Å²) >= 11 is 0. The maximum absolute atomic E-state index is 12.5. The standard InChI is InChI=1S/C21H18N4O4/c26-18(12-24-13-22-17-4-2-1-3-16(17)21(24)29)23-15-7-5-14(6-8-15)11-25-19(27)9-10-20(25)28/h1-8,13H,9-12H2,(H,23,26). The lowest BCUT2D eigenvalue weighted by atomic mass is 10.2. The molecule has 8 nitrogen and oxygen atoms in total. The van der Waals surface area contributed by atoms with Crippen molar-refractivity contribution in [1.82, 2.24) is 14.5 Å². The van der Waals surface area contributed by atoms with Crippen molar-refractivity contribution in [2.24, 2.45) is 0 Å². The summed E-state index contributed by atoms with van der Waals surface area (Å²) in [4.78, 5) is 53.6. The Bertz CT molecular complexity index is 1150. The minimum Gasteiger partial charge on any atom is -0.325 e. The van der Waals surface area contributed by atoms with Gasteiger partial charge in [0.25, 0.3) is 5.56 Å². The fraction of sp³-hybridized carbons (Fsp3) is 0.190. The number of hydrogen-bond donors (Lipinski definition) is 1. The molecule has 8 heteroatoms. The first-order chi connectivity index (χ1) is 14.0. The zero-order valence-corrected chi connectivity index (χ0v) is 15.5. The Morgan fingerprint density at radius 1 is 0.966 bits per heavy atom. The molecule has 1 aliphatic rings. The smallest absolute Gasteiger partial charge is 0.261 e. The van der Waals surface area contributed by atoms with E-state index in [4.69, 9.17) is 0 Å². The molecule has 0 atom stereocenters. The van der Waals surface area contributed by atoms with Gasteiger partial charge in [0.1, 0.15) is 6.54 Å². The third kappa shape index (κ3) is 3.91. The van der Waals surface area contributed by atoms with Crippen molar-refractivity contribution in [2.45, 2.75) is 25.9 Å². The Morgan fingerprint density at radius 3 is 2.38 bits per heavy atom. The van der Waals surface area contributed by atoms with Gasteiger partial charge in [-0.3, -0.25) is 28.6 Å². The Kier molecular flexibility index (Phi) is 4.90. The van der Waals surface area contributed by atoms with Crippen molar-refractivity contribution in [1.29, 1.82) is 0 Å². The Hall–Kier alpha value is -3.81. The molecule has 0 unspecified atom stereocenters. The number of carbonyl (C=O) groups is 3. The van der Waals surface area contributed by atoms with E-state index in [0.29, 0.717) is 16.6 Å². The molecular weight excluding hydrogens is 372 g/mol. The quantitative estimate of drug-likeness (QED) is 0.668. The lowest BCUT2D eigenvalue weighted by molar-refractivity contribution is -0.139. The molecule has 2 aromatic carbocycles. The first-order valence-corrected chi connectivity index (χ1v) is 9.17. The molecule has 1 aromatic heterocycles. The van der Waals surface area contributed by atoms with Crippen LogP contribution in [0.3, 0.4) is 0 Å². The van der Waals surface area contributed by atoms with E-state index in [0.717, 1.165) is 5.56 Å². The maximum Gasteiger partial charge on any atom is 0.261 e. The lowest BCUT2D eigenvalue weighted by Gasteiger charge is -2.14. The number of anilines is 1. The topological polar surface area (TPSA) is 101 Å². The summed E-state index contributed by atoms with van der Waals surface area (Å²) in [6, 6.07) is 13.8. The van der Waals surface area contributed by atoms with Crippen LogP contribution in [0.2, 0.25) is 0 Å². The molecule has 1 aliphatic heterocycles. The predicted molar refractivity (Wildman–Crippen MR) is 106 cm³/mol. The van der Waals surface area contributed by atoms with Gasteiger partial charge < -0.3 is 5.32 Å². The van der Waals surface area contributed by atoms with Crippen LogP contribution >= 0.6 is 0 Å². The van der Waals surface area contributed by atoms with Gasteiger partial charge in [-0.25, -0.2) is 4.98 Å². The van der Waals surface area contributed by atoms with Crippen LogP contribution in [0.25, 0.3) is 10.9 Å². The second-order valence-corrected chi connectivity index (χ2v) is 6.81. The Morgan fingerprint density at radius 2 is 1.66 bits per heavy atom. The number of nitrogens with zero attached hydrogens (tertiary/aromatic N) is 3. The molecule has 29 heavy (non-hydrogen) atoms. The zero-order chi connectivity index (χ0) is 20.4. The monoisotopic (exact) mass is 390 g/mol. The molecule has 3 amide bonds. The van der Waals surface area contributed by atoms with Crippen LogP contribution in [-0.4, -0.2) is 32.2 Å². The molecule has 0 bridgehead atoms. The summed E-state index contributed by atoms with van der Waals surface area (Å²) in [5.74, 6) is -0.689. The van der Waals surface area contributed by atoms with Crippen molar-refractivity contribution in [3.05, 3.63) is 70.8 Å². The summed E-state index contributed by atoms with van der Waals surface area (Å²) < 4.78 is 1.26. The molecule has 4 rings (SSSR count). The number of nitrogens with one attached hydrogen (secondary N) is 1. The number of amides is 3. The van der Waals surface area contributed by atoms with E-state index in [1.165, 1.54) is 15.8 Å². The van der Waals surface area contributed by atoms with Crippen LogP contribution in [0.1, 0.15) is 18.4 Å². The number of hydrogen-bond acceptors (Lipinski definition) is 5. The summed E-state index contributed by atoms with van der Waals surface area (Å²) in [5, 5.41) is 3.19. The second-order valence-electron chi connectivity index (χ2n) is 6.81. The van der Waals surface area contributed by atoms with Crippen molar-refractivity contribution in [3.8, 4) is 0 Å². The largest absolute Gasteiger partial charge is 0.325 e. The number of para-hydroxylation sites is 1. The normalized spacial score (nSPS) is 13.9. The minimum atomic E-state index is -0.359. The molecule has 0 radical (unpaired) electrons. The van der Waals surface area contributed by atoms with Gasteiger partial charge in [0.2, 0.25) is 17.7 Å². The fourth-order valence-corrected chi connectivity index (χ4v) is 3.25. The molecule has 146 valence electrons. The first kappa shape index (κ1) is 18.5. The average Bonchev–Trinajstić information content (AvgIpc) is 3.04. The summed E-state index contributed by atoms with van der Waals surface area (Å²) in [5.41, 5.74) is 1.65. The van der Waals surface area contributed by atoms with Gasteiger partial charge in [0, 0.05) is 18.5 Å². The molecule has 1 saturated heterocycles. The molecule has 1 fully saturated rings. The maximum atomic E-state index is 12.5. The van der Waals surface area contributed by atoms with Crippen molar-refractivity contribution >= 4 is 34.3 Å². The van der Waals surface area contributed by atoms with Gasteiger partial charge in [0.05, 0.1) is 23.8 Å². The number of benzene rings is 2. The van der Waals surface area contributed by atoms with Crippen molar-refractivity contribution < 1.29 is 14.4 Å². The van der Waals surface area contributed by atoms with E-state index in [1.54, 1.807) is 48.5 Å². The highest BCUT2D eigenvalue weighted by Crippen LogP contribution is 2.17.